The van der Waals surface area contributed by atoms with Crippen molar-refractivity contribution in [2.45, 2.75) is 4.90 Å². The zero-order valence-corrected chi connectivity index (χ0v) is 12.7. The molecule has 0 saturated carbocycles. The molecule has 0 aliphatic heterocycles. The Labute approximate surface area is 134 Å². The van der Waals surface area contributed by atoms with Crippen LogP contribution in [0.15, 0.2) is 47.4 Å². The van der Waals surface area contributed by atoms with Crippen LogP contribution in [0.1, 0.15) is 10.4 Å². The Morgan fingerprint density at radius 2 is 1.61 bits per heavy atom. The second kappa shape index (κ2) is 6.88. The lowest BCUT2D eigenvalue weighted by molar-refractivity contribution is -0.394. The number of para-hydroxylation sites is 1. The number of thioether (sulfide) groups is 1. The molecule has 0 aliphatic carbocycles. The van der Waals surface area contributed by atoms with Gasteiger partial charge in [0, 0.05) is 17.0 Å². The quantitative estimate of drug-likeness (QED) is 0.509. The Hall–Kier alpha value is -2.94. The van der Waals surface area contributed by atoms with Crippen molar-refractivity contribution in [3.8, 4) is 0 Å². The predicted octanol–water partition coefficient (Wildman–Crippen LogP) is 3.48. The average Bonchev–Trinajstić information content (AvgIpc) is 2.54. The third-order valence-electron chi connectivity index (χ3n) is 2.94. The number of benzene rings is 2. The smallest absolute Gasteiger partial charge is 0.277 e. The van der Waals surface area contributed by atoms with Gasteiger partial charge in [0.15, 0.2) is 0 Å². The maximum atomic E-state index is 12.3. The van der Waals surface area contributed by atoms with E-state index in [1.807, 2.05) is 6.26 Å². The molecule has 118 valence electrons. The molecule has 23 heavy (non-hydrogen) atoms. The summed E-state index contributed by atoms with van der Waals surface area (Å²) in [6.07, 6.45) is 1.84. The van der Waals surface area contributed by atoms with Gasteiger partial charge in [-0.15, -0.1) is 11.8 Å². The first-order valence-electron chi connectivity index (χ1n) is 6.30. The molecule has 2 aromatic carbocycles. The molecule has 0 heterocycles. The van der Waals surface area contributed by atoms with E-state index in [4.69, 9.17) is 0 Å². The maximum Gasteiger partial charge on any atom is 0.277 e. The number of carbonyl (C=O) groups excluding carboxylic acids is 1. The first-order chi connectivity index (χ1) is 10.9. The summed E-state index contributed by atoms with van der Waals surface area (Å²) >= 11 is 1.42. The molecule has 1 N–H and O–H groups in total. The van der Waals surface area contributed by atoms with Crippen LogP contribution in [0.4, 0.5) is 17.1 Å². The van der Waals surface area contributed by atoms with Crippen molar-refractivity contribution < 1.29 is 14.6 Å². The highest BCUT2D eigenvalue weighted by molar-refractivity contribution is 7.98. The number of non-ortho nitro benzene ring substituents is 2. The molecule has 0 unspecified atom stereocenters. The molecule has 0 aromatic heterocycles. The number of nitrogens with one attached hydrogen (secondary N) is 1. The lowest BCUT2D eigenvalue weighted by Gasteiger charge is -2.09. The van der Waals surface area contributed by atoms with Gasteiger partial charge in [-0.3, -0.25) is 25.0 Å². The third-order valence-corrected chi connectivity index (χ3v) is 3.74. The van der Waals surface area contributed by atoms with Crippen LogP contribution in [0.25, 0.3) is 0 Å². The largest absolute Gasteiger partial charge is 0.321 e. The van der Waals surface area contributed by atoms with Crippen LogP contribution in [0.2, 0.25) is 0 Å². The molecular weight excluding hydrogens is 322 g/mol. The highest BCUT2D eigenvalue weighted by atomic mass is 32.2. The number of nitro benzene ring substituents is 2. The van der Waals surface area contributed by atoms with E-state index in [-0.39, 0.29) is 5.56 Å². The van der Waals surface area contributed by atoms with Crippen molar-refractivity contribution in [2.24, 2.45) is 0 Å². The van der Waals surface area contributed by atoms with Gasteiger partial charge in [-0.05, 0) is 18.4 Å². The Bertz CT molecular complexity index is 761. The number of nitrogens with zero attached hydrogens (tertiary/aromatic N) is 2. The van der Waals surface area contributed by atoms with Gasteiger partial charge in [0.1, 0.15) is 0 Å². The monoisotopic (exact) mass is 333 g/mol. The lowest BCUT2D eigenvalue weighted by atomic mass is 10.1. The van der Waals surface area contributed by atoms with Gasteiger partial charge in [0.25, 0.3) is 17.3 Å². The summed E-state index contributed by atoms with van der Waals surface area (Å²) in [5.41, 5.74) is -0.647. The van der Waals surface area contributed by atoms with Gasteiger partial charge in [-0.1, -0.05) is 12.1 Å². The minimum atomic E-state index is -0.778. The minimum absolute atomic E-state index is 0.151. The predicted molar refractivity (Wildman–Crippen MR) is 85.9 cm³/mol. The first-order valence-corrected chi connectivity index (χ1v) is 7.53. The normalized spacial score (nSPS) is 10.1. The molecule has 0 bridgehead atoms. The van der Waals surface area contributed by atoms with Gasteiger partial charge in [0.05, 0.1) is 27.2 Å². The van der Waals surface area contributed by atoms with Gasteiger partial charge >= 0.3 is 0 Å². The Kier molecular flexibility index (Phi) is 4.91. The first kappa shape index (κ1) is 16.4. The third kappa shape index (κ3) is 3.83. The number of carbonyl (C=O) groups is 1. The van der Waals surface area contributed by atoms with Crippen molar-refractivity contribution >= 4 is 34.7 Å². The fraction of sp³-hybridized carbons (Fsp3) is 0.0714. The van der Waals surface area contributed by atoms with E-state index in [2.05, 4.69) is 5.32 Å². The zero-order chi connectivity index (χ0) is 17.0. The molecule has 8 nitrogen and oxygen atoms in total. The number of rotatable bonds is 5. The number of nitro groups is 2. The molecule has 1 amide bonds. The number of hydrogen-bond donors (Lipinski definition) is 1. The molecule has 2 rings (SSSR count). The van der Waals surface area contributed by atoms with E-state index in [0.717, 1.165) is 23.1 Å². The van der Waals surface area contributed by atoms with Crippen LogP contribution in [0.5, 0.6) is 0 Å². The number of amides is 1. The summed E-state index contributed by atoms with van der Waals surface area (Å²) in [5, 5.41) is 24.3. The summed E-state index contributed by atoms with van der Waals surface area (Å²) in [5.74, 6) is -0.654. The Balaban J connectivity index is 2.38. The van der Waals surface area contributed by atoms with E-state index in [0.29, 0.717) is 5.69 Å². The molecule has 0 aliphatic rings. The summed E-state index contributed by atoms with van der Waals surface area (Å²) in [4.78, 5) is 33.2. The zero-order valence-electron chi connectivity index (χ0n) is 11.9. The summed E-state index contributed by atoms with van der Waals surface area (Å²) in [6.45, 7) is 0. The minimum Gasteiger partial charge on any atom is -0.321 e. The fourth-order valence-corrected chi connectivity index (χ4v) is 2.43. The topological polar surface area (TPSA) is 115 Å². The molecular formula is C14H11N3O5S. The average molecular weight is 333 g/mol. The van der Waals surface area contributed by atoms with Crippen molar-refractivity contribution in [3.05, 3.63) is 68.3 Å². The SMILES string of the molecule is CSc1ccccc1NC(=O)c1cc([N+](=O)[O-])cc([N+](=O)[O-])c1. The van der Waals surface area contributed by atoms with Crippen LogP contribution in [-0.4, -0.2) is 22.0 Å². The van der Waals surface area contributed by atoms with Crippen molar-refractivity contribution in [1.29, 1.82) is 0 Å². The molecule has 0 atom stereocenters. The van der Waals surface area contributed by atoms with Crippen LogP contribution in [0.3, 0.4) is 0 Å². The second-order valence-corrected chi connectivity index (χ2v) is 5.25. The van der Waals surface area contributed by atoms with Gasteiger partial charge in [-0.2, -0.15) is 0 Å². The number of anilines is 1. The standard InChI is InChI=1S/C14H11N3O5S/c1-23-13-5-3-2-4-12(13)15-14(18)9-6-10(16(19)20)8-11(7-9)17(21)22/h2-8H,1H3,(H,15,18). The Morgan fingerprint density at radius 3 is 2.13 bits per heavy atom. The maximum absolute atomic E-state index is 12.3. The van der Waals surface area contributed by atoms with Crippen LogP contribution < -0.4 is 5.32 Å². The van der Waals surface area contributed by atoms with Gasteiger partial charge in [0.2, 0.25) is 0 Å². The van der Waals surface area contributed by atoms with Crippen molar-refractivity contribution in [2.75, 3.05) is 11.6 Å². The van der Waals surface area contributed by atoms with E-state index in [1.165, 1.54) is 11.8 Å². The van der Waals surface area contributed by atoms with E-state index >= 15 is 0 Å². The molecule has 0 fully saturated rings. The lowest BCUT2D eigenvalue weighted by Crippen LogP contribution is -2.13. The molecule has 9 heteroatoms. The van der Waals surface area contributed by atoms with Crippen molar-refractivity contribution in [1.82, 2.24) is 0 Å². The van der Waals surface area contributed by atoms with Gasteiger partial charge in [-0.25, -0.2) is 0 Å². The van der Waals surface area contributed by atoms with E-state index in [9.17, 15) is 25.0 Å². The molecule has 0 saturated heterocycles. The summed E-state index contributed by atoms with van der Waals surface area (Å²) in [6, 6.07) is 9.83. The summed E-state index contributed by atoms with van der Waals surface area (Å²) < 4.78 is 0. The van der Waals surface area contributed by atoms with Gasteiger partial charge < -0.3 is 5.32 Å². The second-order valence-electron chi connectivity index (χ2n) is 4.41. The highest BCUT2D eigenvalue weighted by Gasteiger charge is 2.20. The molecule has 2 aromatic rings. The van der Waals surface area contributed by atoms with Crippen LogP contribution >= 0.6 is 11.8 Å². The summed E-state index contributed by atoms with van der Waals surface area (Å²) in [7, 11) is 0. The Morgan fingerprint density at radius 1 is 1.04 bits per heavy atom. The fourth-order valence-electron chi connectivity index (χ4n) is 1.88. The van der Waals surface area contributed by atoms with E-state index in [1.54, 1.807) is 24.3 Å². The van der Waals surface area contributed by atoms with Crippen LogP contribution in [0, 0.1) is 20.2 Å². The highest BCUT2D eigenvalue weighted by Crippen LogP contribution is 2.27. The number of hydrogen-bond acceptors (Lipinski definition) is 6. The van der Waals surface area contributed by atoms with Crippen molar-refractivity contribution in [3.63, 3.8) is 0 Å². The van der Waals surface area contributed by atoms with Crippen LogP contribution in [-0.2, 0) is 0 Å². The molecule has 0 spiro atoms. The molecule has 0 radical (unpaired) electrons. The van der Waals surface area contributed by atoms with E-state index < -0.39 is 27.1 Å².